The highest BCUT2D eigenvalue weighted by atomic mass is 16.5. The van der Waals surface area contributed by atoms with Crippen molar-refractivity contribution in [2.45, 2.75) is 58.7 Å². The lowest BCUT2D eigenvalue weighted by atomic mass is 9.64. The Hall–Kier alpha value is -0.370. The molecule has 0 radical (unpaired) electrons. The summed E-state index contributed by atoms with van der Waals surface area (Å²) in [6.45, 7) is 8.51. The van der Waals surface area contributed by atoms with Gasteiger partial charge in [0.2, 0.25) is 0 Å². The third-order valence-electron chi connectivity index (χ3n) is 4.47. The molecule has 0 amide bonds. The minimum Gasteiger partial charge on any atom is -0.372 e. The minimum atomic E-state index is -0.104. The number of carbonyl (C=O) groups is 1. The highest BCUT2D eigenvalue weighted by molar-refractivity contribution is 5.82. The first kappa shape index (κ1) is 11.1. The van der Waals surface area contributed by atoms with Gasteiger partial charge < -0.3 is 4.74 Å². The summed E-state index contributed by atoms with van der Waals surface area (Å²) in [6, 6.07) is 0. The third kappa shape index (κ3) is 1.73. The molecule has 1 aliphatic heterocycles. The maximum absolute atomic E-state index is 11.9. The number of carbonyl (C=O) groups excluding carboxylic acids is 1. The summed E-state index contributed by atoms with van der Waals surface area (Å²) in [5.74, 6) is 1.57. The van der Waals surface area contributed by atoms with Crippen LogP contribution in [0.1, 0.15) is 47.0 Å². The van der Waals surface area contributed by atoms with Crippen molar-refractivity contribution in [2.24, 2.45) is 17.8 Å². The molecule has 2 nitrogen and oxygen atoms in total. The van der Waals surface area contributed by atoms with E-state index in [1.54, 1.807) is 0 Å². The van der Waals surface area contributed by atoms with Crippen LogP contribution in [0.25, 0.3) is 0 Å². The number of hydrogen-bond donors (Lipinski definition) is 0. The van der Waals surface area contributed by atoms with E-state index in [-0.39, 0.29) is 17.6 Å². The van der Waals surface area contributed by atoms with Gasteiger partial charge in [-0.1, -0.05) is 13.8 Å². The fourth-order valence-electron chi connectivity index (χ4n) is 3.25. The van der Waals surface area contributed by atoms with Crippen molar-refractivity contribution < 1.29 is 9.53 Å². The Morgan fingerprint density at radius 1 is 1.47 bits per heavy atom. The molecule has 1 saturated heterocycles. The van der Waals surface area contributed by atoms with Crippen LogP contribution in [0.3, 0.4) is 0 Å². The number of ether oxygens (including phenoxy) is 1. The second kappa shape index (κ2) is 3.58. The molecule has 0 unspecified atom stereocenters. The number of hydrogen-bond acceptors (Lipinski definition) is 2. The van der Waals surface area contributed by atoms with Crippen LogP contribution in [-0.2, 0) is 9.53 Å². The molecule has 2 bridgehead atoms. The van der Waals surface area contributed by atoms with Crippen molar-refractivity contribution in [2.75, 3.05) is 0 Å². The predicted octanol–water partition coefficient (Wildman–Crippen LogP) is 2.81. The molecule has 0 spiro atoms. The van der Waals surface area contributed by atoms with Gasteiger partial charge in [0.05, 0.1) is 11.7 Å². The molecule has 2 aliphatic rings. The van der Waals surface area contributed by atoms with Gasteiger partial charge in [0.15, 0.2) is 0 Å². The van der Waals surface area contributed by atoms with E-state index in [2.05, 4.69) is 27.7 Å². The van der Waals surface area contributed by atoms with E-state index < -0.39 is 0 Å². The molecule has 1 saturated carbocycles. The normalized spacial score (nSPS) is 44.1. The average Bonchev–Trinajstić information content (AvgIpc) is 2.17. The first-order chi connectivity index (χ1) is 6.95. The van der Waals surface area contributed by atoms with Gasteiger partial charge in [-0.15, -0.1) is 0 Å². The number of rotatable bonds is 1. The lowest BCUT2D eigenvalue weighted by Gasteiger charge is -2.51. The molecule has 0 aromatic heterocycles. The Labute approximate surface area is 92.4 Å². The predicted molar refractivity (Wildman–Crippen MR) is 59.6 cm³/mol. The fraction of sp³-hybridized carbons (Fsp3) is 0.923. The molecule has 2 fully saturated rings. The molecule has 4 atom stereocenters. The summed E-state index contributed by atoms with van der Waals surface area (Å²) < 4.78 is 6.16. The van der Waals surface area contributed by atoms with Crippen LogP contribution in [0.2, 0.25) is 0 Å². The zero-order valence-corrected chi connectivity index (χ0v) is 10.2. The molecule has 0 N–H and O–H groups in total. The van der Waals surface area contributed by atoms with Gasteiger partial charge >= 0.3 is 0 Å². The average molecular weight is 210 g/mol. The number of Topliss-reactive ketones (excluding diaryl/α,β-unsaturated/α-hetero) is 1. The van der Waals surface area contributed by atoms with Gasteiger partial charge in [-0.3, -0.25) is 4.79 Å². The van der Waals surface area contributed by atoms with E-state index >= 15 is 0 Å². The van der Waals surface area contributed by atoms with Crippen molar-refractivity contribution in [3.8, 4) is 0 Å². The third-order valence-corrected chi connectivity index (χ3v) is 4.47. The van der Waals surface area contributed by atoms with Gasteiger partial charge in [-0.2, -0.15) is 0 Å². The topological polar surface area (TPSA) is 26.3 Å². The highest BCUT2D eigenvalue weighted by Gasteiger charge is 2.49. The number of ketones is 1. The van der Waals surface area contributed by atoms with Crippen LogP contribution < -0.4 is 0 Å². The van der Waals surface area contributed by atoms with Crippen LogP contribution in [0.5, 0.6) is 0 Å². The second-order valence-corrected chi connectivity index (χ2v) is 5.72. The van der Waals surface area contributed by atoms with Gasteiger partial charge in [0, 0.05) is 12.3 Å². The van der Waals surface area contributed by atoms with Crippen LogP contribution in [0, 0.1) is 17.8 Å². The molecule has 2 rings (SSSR count). The monoisotopic (exact) mass is 210 g/mol. The summed E-state index contributed by atoms with van der Waals surface area (Å²) in [7, 11) is 0. The summed E-state index contributed by atoms with van der Waals surface area (Å²) in [5.41, 5.74) is -0.104. The standard InChI is InChI=1S/C13H22O2/c1-5-12-10-6-9(13(3,4)15-12)7-11(14)8(10)2/h8-10,12H,5-7H2,1-4H3/t8-,9+,10-,12-/m0/s1. The zero-order chi connectivity index (χ0) is 11.2. The van der Waals surface area contributed by atoms with Crippen LogP contribution in [0.4, 0.5) is 0 Å². The lowest BCUT2D eigenvalue weighted by Crippen LogP contribution is -2.54. The van der Waals surface area contributed by atoms with Crippen molar-refractivity contribution in [3.63, 3.8) is 0 Å². The van der Waals surface area contributed by atoms with Gasteiger partial charge in [-0.05, 0) is 38.5 Å². The highest BCUT2D eigenvalue weighted by Crippen LogP contribution is 2.47. The summed E-state index contributed by atoms with van der Waals surface area (Å²) >= 11 is 0. The summed E-state index contributed by atoms with van der Waals surface area (Å²) in [6.07, 6.45) is 3.22. The van der Waals surface area contributed by atoms with Gasteiger partial charge in [0.25, 0.3) is 0 Å². The van der Waals surface area contributed by atoms with E-state index in [9.17, 15) is 4.79 Å². The lowest BCUT2D eigenvalue weighted by molar-refractivity contribution is -0.195. The van der Waals surface area contributed by atoms with E-state index in [1.807, 2.05) is 0 Å². The second-order valence-electron chi connectivity index (χ2n) is 5.72. The van der Waals surface area contributed by atoms with E-state index in [4.69, 9.17) is 4.74 Å². The van der Waals surface area contributed by atoms with E-state index in [0.29, 0.717) is 17.6 Å². The Morgan fingerprint density at radius 3 is 2.73 bits per heavy atom. The van der Waals surface area contributed by atoms with E-state index in [1.165, 1.54) is 6.42 Å². The Kier molecular flexibility index (Phi) is 2.66. The molecular weight excluding hydrogens is 188 g/mol. The molecule has 0 aromatic carbocycles. The molecule has 1 aliphatic carbocycles. The molecular formula is C13H22O2. The van der Waals surface area contributed by atoms with Crippen molar-refractivity contribution >= 4 is 5.78 Å². The van der Waals surface area contributed by atoms with Gasteiger partial charge in [0.1, 0.15) is 5.78 Å². The van der Waals surface area contributed by atoms with Crippen LogP contribution in [-0.4, -0.2) is 17.5 Å². The number of fused-ring (bicyclic) bond motifs is 2. The van der Waals surface area contributed by atoms with E-state index in [0.717, 1.165) is 12.8 Å². The molecule has 1 heterocycles. The first-order valence-corrected chi connectivity index (χ1v) is 6.16. The van der Waals surface area contributed by atoms with Crippen molar-refractivity contribution in [1.82, 2.24) is 0 Å². The van der Waals surface area contributed by atoms with Crippen LogP contribution >= 0.6 is 0 Å². The summed E-state index contributed by atoms with van der Waals surface area (Å²) in [4.78, 5) is 11.9. The fourth-order valence-corrected chi connectivity index (χ4v) is 3.25. The summed E-state index contributed by atoms with van der Waals surface area (Å²) in [5, 5.41) is 0. The maximum Gasteiger partial charge on any atom is 0.136 e. The van der Waals surface area contributed by atoms with Crippen molar-refractivity contribution in [1.29, 1.82) is 0 Å². The molecule has 0 aromatic rings. The molecule has 86 valence electrons. The SMILES string of the molecule is CC[C@@H]1OC(C)(C)[C@H]2CC(=O)[C@@H](C)[C@@H]1C2. The molecule has 15 heavy (non-hydrogen) atoms. The quantitative estimate of drug-likeness (QED) is 0.665. The zero-order valence-electron chi connectivity index (χ0n) is 10.2. The van der Waals surface area contributed by atoms with Crippen molar-refractivity contribution in [3.05, 3.63) is 0 Å². The smallest absolute Gasteiger partial charge is 0.136 e. The Balaban J connectivity index is 2.25. The Bertz CT molecular complexity index is 270. The Morgan fingerprint density at radius 2 is 2.13 bits per heavy atom. The van der Waals surface area contributed by atoms with Crippen LogP contribution in [0.15, 0.2) is 0 Å². The largest absolute Gasteiger partial charge is 0.372 e. The molecule has 2 heteroatoms. The minimum absolute atomic E-state index is 0.104. The van der Waals surface area contributed by atoms with Gasteiger partial charge in [-0.25, -0.2) is 0 Å². The first-order valence-electron chi connectivity index (χ1n) is 6.16. The maximum atomic E-state index is 11.9.